The molecule has 1 aromatic carbocycles. The molecule has 1 aromatic heterocycles. The minimum atomic E-state index is -0.495. The fourth-order valence-corrected chi connectivity index (χ4v) is 3.29. The monoisotopic (exact) mass is 331 g/mol. The molecule has 2 atom stereocenters. The van der Waals surface area contributed by atoms with Crippen LogP contribution in [0.3, 0.4) is 0 Å². The molecule has 0 radical (unpaired) electrons. The largest absolute Gasteiger partial charge is 0.396 e. The number of carbonyl (C=O) groups excluding carboxylic acids is 1. The first-order valence-corrected chi connectivity index (χ1v) is 8.40. The zero-order chi connectivity index (χ0) is 16.9. The molecule has 3 rings (SSSR count). The maximum atomic E-state index is 14.3. The molecule has 1 saturated carbocycles. The number of benzene rings is 1. The first-order chi connectivity index (χ1) is 11.7. The van der Waals surface area contributed by atoms with E-state index >= 15 is 0 Å². The molecule has 2 N–H and O–H groups in total. The number of nitrogens with zero attached hydrogens (tertiary/aromatic N) is 2. The van der Waals surface area contributed by atoms with Gasteiger partial charge in [-0.1, -0.05) is 19.3 Å². The summed E-state index contributed by atoms with van der Waals surface area (Å²) in [6, 6.07) is 6.03. The van der Waals surface area contributed by atoms with Crippen LogP contribution in [0.2, 0.25) is 0 Å². The number of aliphatic hydroxyl groups excluding tert-OH is 1. The van der Waals surface area contributed by atoms with E-state index in [0.29, 0.717) is 5.69 Å². The second kappa shape index (κ2) is 7.57. The summed E-state index contributed by atoms with van der Waals surface area (Å²) in [5, 5.41) is 16.5. The Labute approximate surface area is 140 Å². The van der Waals surface area contributed by atoms with E-state index < -0.39 is 5.82 Å². The van der Waals surface area contributed by atoms with Crippen LogP contribution in [0.25, 0.3) is 5.69 Å². The highest BCUT2D eigenvalue weighted by molar-refractivity contribution is 5.94. The molecule has 6 heteroatoms. The lowest BCUT2D eigenvalue weighted by atomic mass is 9.95. The van der Waals surface area contributed by atoms with Crippen molar-refractivity contribution in [3.63, 3.8) is 0 Å². The molecule has 1 aliphatic carbocycles. The summed E-state index contributed by atoms with van der Waals surface area (Å²) in [5.41, 5.74) is 0.587. The number of nitrogens with one attached hydrogen (secondary N) is 1. The first-order valence-electron chi connectivity index (χ1n) is 8.40. The van der Waals surface area contributed by atoms with Gasteiger partial charge in [-0.15, -0.1) is 0 Å². The van der Waals surface area contributed by atoms with Crippen molar-refractivity contribution in [2.45, 2.75) is 38.1 Å². The van der Waals surface area contributed by atoms with Gasteiger partial charge in [0.15, 0.2) is 0 Å². The zero-order valence-corrected chi connectivity index (χ0v) is 13.5. The lowest BCUT2D eigenvalue weighted by Crippen LogP contribution is -2.41. The molecule has 2 unspecified atom stereocenters. The van der Waals surface area contributed by atoms with Crippen LogP contribution < -0.4 is 5.32 Å². The highest BCUT2D eigenvalue weighted by Gasteiger charge is 2.25. The van der Waals surface area contributed by atoms with Crippen molar-refractivity contribution in [1.82, 2.24) is 15.1 Å². The summed E-state index contributed by atoms with van der Waals surface area (Å²) in [4.78, 5) is 12.5. The van der Waals surface area contributed by atoms with Crippen LogP contribution in [0.15, 0.2) is 36.7 Å². The van der Waals surface area contributed by atoms with E-state index in [-0.39, 0.29) is 30.0 Å². The molecule has 128 valence electrons. The first kappa shape index (κ1) is 16.6. The lowest BCUT2D eigenvalue weighted by molar-refractivity contribution is 0.0899. The predicted octanol–water partition coefficient (Wildman–Crippen LogP) is 2.68. The molecule has 1 fully saturated rings. The van der Waals surface area contributed by atoms with Crippen molar-refractivity contribution in [3.05, 3.63) is 48.0 Å². The van der Waals surface area contributed by atoms with E-state index in [1.165, 1.54) is 10.7 Å². The number of carbonyl (C=O) groups is 1. The van der Waals surface area contributed by atoms with Crippen LogP contribution in [-0.4, -0.2) is 33.4 Å². The standard InChI is InChI=1S/C18H22FN3O2/c19-15-11-13(7-8-17(15)22-10-4-9-20-22)18(24)21-16-6-3-1-2-5-14(16)12-23/h4,7-11,14,16,23H,1-3,5-6,12H2,(H,21,24). The minimum Gasteiger partial charge on any atom is -0.396 e. The highest BCUT2D eigenvalue weighted by atomic mass is 19.1. The number of aromatic nitrogens is 2. The van der Waals surface area contributed by atoms with Gasteiger partial charge in [0, 0.05) is 36.5 Å². The van der Waals surface area contributed by atoms with Crippen LogP contribution in [0.4, 0.5) is 4.39 Å². The number of aliphatic hydroxyl groups is 1. The van der Waals surface area contributed by atoms with E-state index in [1.54, 1.807) is 30.6 Å². The molecule has 0 saturated heterocycles. The van der Waals surface area contributed by atoms with E-state index in [1.807, 2.05) is 0 Å². The SMILES string of the molecule is O=C(NC1CCCCCC1CO)c1ccc(-n2cccn2)c(F)c1. The molecule has 1 aliphatic rings. The highest BCUT2D eigenvalue weighted by Crippen LogP contribution is 2.24. The molecule has 0 spiro atoms. The zero-order valence-electron chi connectivity index (χ0n) is 13.5. The van der Waals surface area contributed by atoms with E-state index in [2.05, 4.69) is 10.4 Å². The molecule has 0 aliphatic heterocycles. The van der Waals surface area contributed by atoms with Gasteiger partial charge in [-0.05, 0) is 37.1 Å². The third-order valence-electron chi connectivity index (χ3n) is 4.67. The van der Waals surface area contributed by atoms with Crippen molar-refractivity contribution < 1.29 is 14.3 Å². The van der Waals surface area contributed by atoms with Gasteiger partial charge >= 0.3 is 0 Å². The van der Waals surface area contributed by atoms with Crippen LogP contribution in [0, 0.1) is 11.7 Å². The van der Waals surface area contributed by atoms with E-state index in [9.17, 15) is 14.3 Å². The molecule has 1 amide bonds. The Kier molecular flexibility index (Phi) is 5.25. The van der Waals surface area contributed by atoms with Crippen molar-refractivity contribution >= 4 is 5.91 Å². The number of hydrogen-bond donors (Lipinski definition) is 2. The minimum absolute atomic E-state index is 0.0566. The van der Waals surface area contributed by atoms with Crippen molar-refractivity contribution in [2.75, 3.05) is 6.61 Å². The maximum absolute atomic E-state index is 14.3. The van der Waals surface area contributed by atoms with Gasteiger partial charge in [0.1, 0.15) is 11.5 Å². The molecule has 0 bridgehead atoms. The van der Waals surface area contributed by atoms with E-state index in [4.69, 9.17) is 0 Å². The van der Waals surface area contributed by atoms with Crippen molar-refractivity contribution in [3.8, 4) is 5.69 Å². The van der Waals surface area contributed by atoms with Gasteiger partial charge in [0.05, 0.1) is 0 Å². The van der Waals surface area contributed by atoms with Crippen LogP contribution in [0.1, 0.15) is 42.5 Å². The Balaban J connectivity index is 1.74. The Morgan fingerprint density at radius 1 is 1.33 bits per heavy atom. The van der Waals surface area contributed by atoms with Gasteiger partial charge in [-0.3, -0.25) is 4.79 Å². The van der Waals surface area contributed by atoms with Gasteiger partial charge in [-0.25, -0.2) is 9.07 Å². The fraction of sp³-hybridized carbons (Fsp3) is 0.444. The molecule has 1 heterocycles. The fourth-order valence-electron chi connectivity index (χ4n) is 3.29. The van der Waals surface area contributed by atoms with Crippen LogP contribution in [0.5, 0.6) is 0 Å². The normalized spacial score (nSPS) is 21.2. The quantitative estimate of drug-likeness (QED) is 0.847. The molecule has 24 heavy (non-hydrogen) atoms. The number of hydrogen-bond acceptors (Lipinski definition) is 3. The van der Waals surface area contributed by atoms with Crippen LogP contribution in [-0.2, 0) is 0 Å². The lowest BCUT2D eigenvalue weighted by Gasteiger charge is -2.24. The second-order valence-corrected chi connectivity index (χ2v) is 6.28. The summed E-state index contributed by atoms with van der Waals surface area (Å²) in [7, 11) is 0. The maximum Gasteiger partial charge on any atom is 0.251 e. The molecule has 5 nitrogen and oxygen atoms in total. The summed E-state index contributed by atoms with van der Waals surface area (Å²) >= 11 is 0. The van der Waals surface area contributed by atoms with Crippen LogP contribution >= 0.6 is 0 Å². The number of halogens is 1. The topological polar surface area (TPSA) is 67.2 Å². The third kappa shape index (κ3) is 3.64. The van der Waals surface area contributed by atoms with Gasteiger partial charge in [0.2, 0.25) is 0 Å². The number of amides is 1. The molecular formula is C18H22FN3O2. The van der Waals surface area contributed by atoms with Crippen molar-refractivity contribution in [1.29, 1.82) is 0 Å². The summed E-state index contributed by atoms with van der Waals surface area (Å²) < 4.78 is 15.7. The average Bonchev–Trinajstić information content (AvgIpc) is 3.02. The molecular weight excluding hydrogens is 309 g/mol. The third-order valence-corrected chi connectivity index (χ3v) is 4.67. The summed E-state index contributed by atoms with van der Waals surface area (Å²) in [6.45, 7) is 0.0670. The Morgan fingerprint density at radius 3 is 2.88 bits per heavy atom. The van der Waals surface area contributed by atoms with Gasteiger partial charge in [0.25, 0.3) is 5.91 Å². The number of rotatable bonds is 4. The second-order valence-electron chi connectivity index (χ2n) is 6.28. The van der Waals surface area contributed by atoms with Crippen molar-refractivity contribution in [2.24, 2.45) is 5.92 Å². The van der Waals surface area contributed by atoms with Gasteiger partial charge < -0.3 is 10.4 Å². The molecule has 2 aromatic rings. The summed E-state index contributed by atoms with van der Waals surface area (Å²) in [6.07, 6.45) is 8.21. The smallest absolute Gasteiger partial charge is 0.251 e. The van der Waals surface area contributed by atoms with Gasteiger partial charge in [-0.2, -0.15) is 5.10 Å². The average molecular weight is 331 g/mol. The predicted molar refractivity (Wildman–Crippen MR) is 88.4 cm³/mol. The Bertz CT molecular complexity index is 688. The Morgan fingerprint density at radius 2 is 2.17 bits per heavy atom. The summed E-state index contributed by atoms with van der Waals surface area (Å²) in [5.74, 6) is -0.721. The Hall–Kier alpha value is -2.21. The van der Waals surface area contributed by atoms with E-state index in [0.717, 1.165) is 32.1 Å².